The summed E-state index contributed by atoms with van der Waals surface area (Å²) in [6, 6.07) is 5.61. The Balaban J connectivity index is 1.73. The Bertz CT molecular complexity index is 825. The number of H-pyrrole nitrogens is 1. The number of benzene rings is 1. The minimum atomic E-state index is -0.0236. The molecule has 3 N–H and O–H groups in total. The maximum atomic E-state index is 11.5. The van der Waals surface area contributed by atoms with Crippen molar-refractivity contribution < 1.29 is 4.79 Å². The number of hydrogen-bond donors (Lipinski definition) is 3. The third-order valence-electron chi connectivity index (χ3n) is 3.27. The highest BCUT2D eigenvalue weighted by Crippen LogP contribution is 2.24. The number of aromatic amines is 1. The van der Waals surface area contributed by atoms with Gasteiger partial charge in [-0.1, -0.05) is 0 Å². The first-order valence-corrected chi connectivity index (χ1v) is 6.13. The summed E-state index contributed by atoms with van der Waals surface area (Å²) in [7, 11) is 0. The van der Waals surface area contributed by atoms with Crippen LogP contribution in [0.4, 0.5) is 11.5 Å². The zero-order valence-corrected chi connectivity index (χ0v) is 10.3. The Labute approximate surface area is 113 Å². The van der Waals surface area contributed by atoms with Crippen molar-refractivity contribution in [2.45, 2.75) is 6.54 Å². The highest BCUT2D eigenvalue weighted by molar-refractivity contribution is 5.99. The fourth-order valence-corrected chi connectivity index (χ4v) is 2.31. The van der Waals surface area contributed by atoms with Crippen molar-refractivity contribution in [3.63, 3.8) is 0 Å². The molecule has 7 nitrogen and oxygen atoms in total. The fraction of sp³-hybridized carbons (Fsp3) is 0.0769. The highest BCUT2D eigenvalue weighted by Gasteiger charge is 2.18. The zero-order valence-electron chi connectivity index (χ0n) is 10.3. The van der Waals surface area contributed by atoms with Gasteiger partial charge in [0.05, 0.1) is 6.33 Å². The maximum Gasteiger partial charge on any atom is 0.251 e. The zero-order chi connectivity index (χ0) is 13.5. The van der Waals surface area contributed by atoms with E-state index in [1.807, 2.05) is 18.2 Å². The van der Waals surface area contributed by atoms with Crippen LogP contribution in [0, 0.1) is 0 Å². The quantitative estimate of drug-likeness (QED) is 0.650. The first-order chi connectivity index (χ1) is 9.81. The molecule has 1 aliphatic rings. The lowest BCUT2D eigenvalue weighted by Gasteiger charge is -2.07. The number of anilines is 2. The molecule has 2 aromatic heterocycles. The summed E-state index contributed by atoms with van der Waals surface area (Å²) >= 11 is 0. The molecule has 0 bridgehead atoms. The van der Waals surface area contributed by atoms with Crippen LogP contribution in [0.15, 0.2) is 30.9 Å². The van der Waals surface area contributed by atoms with E-state index in [4.69, 9.17) is 0 Å². The molecule has 0 saturated heterocycles. The average molecular weight is 266 g/mol. The van der Waals surface area contributed by atoms with Crippen molar-refractivity contribution in [3.05, 3.63) is 42.0 Å². The van der Waals surface area contributed by atoms with E-state index in [2.05, 4.69) is 30.6 Å². The Hall–Kier alpha value is -2.96. The van der Waals surface area contributed by atoms with Crippen molar-refractivity contribution in [1.29, 1.82) is 0 Å². The summed E-state index contributed by atoms with van der Waals surface area (Å²) in [5, 5.41) is 6.01. The summed E-state index contributed by atoms with van der Waals surface area (Å²) in [4.78, 5) is 26.9. The smallest absolute Gasteiger partial charge is 0.251 e. The van der Waals surface area contributed by atoms with Crippen molar-refractivity contribution in [1.82, 2.24) is 25.3 Å². The molecule has 7 heteroatoms. The molecular formula is C13H10N6O. The van der Waals surface area contributed by atoms with Gasteiger partial charge in [-0.05, 0) is 23.8 Å². The molecule has 0 fully saturated rings. The molecule has 98 valence electrons. The summed E-state index contributed by atoms with van der Waals surface area (Å²) in [5.74, 6) is 0.634. The molecule has 1 aliphatic heterocycles. The van der Waals surface area contributed by atoms with Gasteiger partial charge < -0.3 is 15.6 Å². The minimum absolute atomic E-state index is 0.0236. The maximum absolute atomic E-state index is 11.5. The number of hydrogen-bond acceptors (Lipinski definition) is 5. The van der Waals surface area contributed by atoms with E-state index in [9.17, 15) is 4.79 Å². The second-order valence-corrected chi connectivity index (χ2v) is 4.50. The fourth-order valence-electron chi connectivity index (χ4n) is 2.31. The molecule has 20 heavy (non-hydrogen) atoms. The molecule has 1 amide bonds. The number of nitrogens with one attached hydrogen (secondary N) is 3. The third kappa shape index (κ3) is 1.60. The van der Waals surface area contributed by atoms with E-state index >= 15 is 0 Å². The molecule has 4 rings (SSSR count). The van der Waals surface area contributed by atoms with Crippen molar-refractivity contribution in [3.8, 4) is 0 Å². The van der Waals surface area contributed by atoms with Crippen LogP contribution in [0.1, 0.15) is 15.9 Å². The van der Waals surface area contributed by atoms with Gasteiger partial charge in [-0.25, -0.2) is 15.0 Å². The Morgan fingerprint density at radius 1 is 1.20 bits per heavy atom. The van der Waals surface area contributed by atoms with Gasteiger partial charge in [0.2, 0.25) is 0 Å². The van der Waals surface area contributed by atoms with Crippen LogP contribution >= 0.6 is 0 Å². The first-order valence-electron chi connectivity index (χ1n) is 6.13. The van der Waals surface area contributed by atoms with Gasteiger partial charge in [0, 0.05) is 17.8 Å². The molecule has 0 aliphatic carbocycles. The van der Waals surface area contributed by atoms with Crippen LogP contribution in [0.2, 0.25) is 0 Å². The van der Waals surface area contributed by atoms with Crippen LogP contribution in [-0.4, -0.2) is 25.8 Å². The van der Waals surface area contributed by atoms with Gasteiger partial charge >= 0.3 is 0 Å². The molecule has 3 aromatic rings. The Morgan fingerprint density at radius 3 is 3.10 bits per heavy atom. The van der Waals surface area contributed by atoms with Crippen molar-refractivity contribution >= 4 is 28.6 Å². The lowest BCUT2D eigenvalue weighted by Crippen LogP contribution is -2.12. The molecule has 0 radical (unpaired) electrons. The number of amides is 1. The summed E-state index contributed by atoms with van der Waals surface area (Å²) in [5.41, 5.74) is 3.94. The minimum Gasteiger partial charge on any atom is -0.348 e. The van der Waals surface area contributed by atoms with Crippen molar-refractivity contribution in [2.24, 2.45) is 0 Å². The number of rotatable bonds is 2. The van der Waals surface area contributed by atoms with Gasteiger partial charge in [-0.3, -0.25) is 4.79 Å². The van der Waals surface area contributed by atoms with Crippen LogP contribution in [0.5, 0.6) is 0 Å². The second kappa shape index (κ2) is 4.02. The van der Waals surface area contributed by atoms with Gasteiger partial charge in [0.25, 0.3) is 5.91 Å². The SMILES string of the molecule is O=C1NCc2cc(Nc3ncnc4nc[nH]c34)ccc21. The summed E-state index contributed by atoms with van der Waals surface area (Å²) in [6.45, 7) is 0.562. The molecule has 0 unspecified atom stereocenters. The molecule has 0 saturated carbocycles. The Morgan fingerprint density at radius 2 is 2.15 bits per heavy atom. The molecule has 0 spiro atoms. The van der Waals surface area contributed by atoms with Crippen LogP contribution in [0.25, 0.3) is 11.2 Å². The van der Waals surface area contributed by atoms with E-state index in [0.29, 0.717) is 18.0 Å². The number of nitrogens with zero attached hydrogens (tertiary/aromatic N) is 3. The van der Waals surface area contributed by atoms with Gasteiger partial charge in [0.15, 0.2) is 11.5 Å². The van der Waals surface area contributed by atoms with Gasteiger partial charge in [-0.15, -0.1) is 0 Å². The predicted molar refractivity (Wildman–Crippen MR) is 72.6 cm³/mol. The topological polar surface area (TPSA) is 95.6 Å². The normalized spacial score (nSPS) is 13.3. The molecule has 0 atom stereocenters. The van der Waals surface area contributed by atoms with E-state index in [-0.39, 0.29) is 5.91 Å². The summed E-state index contributed by atoms with van der Waals surface area (Å²) < 4.78 is 0. The number of carbonyl (C=O) groups excluding carboxylic acids is 1. The highest BCUT2D eigenvalue weighted by atomic mass is 16.1. The van der Waals surface area contributed by atoms with Gasteiger partial charge in [-0.2, -0.15) is 0 Å². The predicted octanol–water partition coefficient (Wildman–Crippen LogP) is 1.34. The lowest BCUT2D eigenvalue weighted by molar-refractivity contribution is 0.0966. The number of carbonyl (C=O) groups is 1. The molecule has 3 heterocycles. The van der Waals surface area contributed by atoms with Crippen LogP contribution < -0.4 is 10.6 Å². The van der Waals surface area contributed by atoms with Gasteiger partial charge in [0.1, 0.15) is 11.8 Å². The Kier molecular flexibility index (Phi) is 2.19. The van der Waals surface area contributed by atoms with E-state index < -0.39 is 0 Å². The van der Waals surface area contributed by atoms with Crippen molar-refractivity contribution in [2.75, 3.05) is 5.32 Å². The van der Waals surface area contributed by atoms with E-state index in [0.717, 1.165) is 22.3 Å². The molecular weight excluding hydrogens is 256 g/mol. The number of fused-ring (bicyclic) bond motifs is 2. The largest absolute Gasteiger partial charge is 0.348 e. The standard InChI is InChI=1S/C13H10N6O/c20-13-9-2-1-8(3-7(9)4-14-13)19-12-10-11(16-5-15-10)17-6-18-12/h1-3,5-6H,4H2,(H,14,20)(H2,15,16,17,18,19). The lowest BCUT2D eigenvalue weighted by atomic mass is 10.1. The average Bonchev–Trinajstić information content (AvgIpc) is 3.07. The van der Waals surface area contributed by atoms with E-state index in [1.54, 1.807) is 6.33 Å². The second-order valence-electron chi connectivity index (χ2n) is 4.50. The number of imidazole rings is 1. The third-order valence-corrected chi connectivity index (χ3v) is 3.27. The molecule has 1 aromatic carbocycles. The first kappa shape index (κ1) is 10.9. The van der Waals surface area contributed by atoms with Crippen LogP contribution in [-0.2, 0) is 6.54 Å². The van der Waals surface area contributed by atoms with E-state index in [1.165, 1.54) is 6.33 Å². The van der Waals surface area contributed by atoms with Crippen LogP contribution in [0.3, 0.4) is 0 Å². The monoisotopic (exact) mass is 266 g/mol. The number of aromatic nitrogens is 4. The summed E-state index contributed by atoms with van der Waals surface area (Å²) in [6.07, 6.45) is 3.04.